The lowest BCUT2D eigenvalue weighted by Gasteiger charge is -2.34. The summed E-state index contributed by atoms with van der Waals surface area (Å²) >= 11 is 6.39. The van der Waals surface area contributed by atoms with Gasteiger partial charge in [0.05, 0.1) is 18.2 Å². The van der Waals surface area contributed by atoms with Crippen molar-refractivity contribution in [2.24, 2.45) is 0 Å². The third-order valence-corrected chi connectivity index (χ3v) is 5.80. The third kappa shape index (κ3) is 4.20. The number of rotatable bonds is 5. The van der Waals surface area contributed by atoms with Crippen LogP contribution in [0, 0.1) is 0 Å². The Morgan fingerprint density at radius 3 is 2.67 bits per heavy atom. The highest BCUT2D eigenvalue weighted by Gasteiger charge is 2.35. The summed E-state index contributed by atoms with van der Waals surface area (Å²) in [4.78, 5) is 27.6. The van der Waals surface area contributed by atoms with Gasteiger partial charge in [-0.15, -0.1) is 0 Å². The van der Waals surface area contributed by atoms with Crippen LogP contribution >= 0.6 is 11.6 Å². The molecule has 2 aromatic carbocycles. The molecule has 0 bridgehead atoms. The van der Waals surface area contributed by atoms with Crippen molar-refractivity contribution in [3.05, 3.63) is 81.5 Å². The molecule has 0 saturated carbocycles. The van der Waals surface area contributed by atoms with Crippen molar-refractivity contribution < 1.29 is 14.3 Å². The molecule has 0 aromatic heterocycles. The van der Waals surface area contributed by atoms with Gasteiger partial charge >= 0.3 is 12.0 Å². The summed E-state index contributed by atoms with van der Waals surface area (Å²) in [6, 6.07) is 14.5. The van der Waals surface area contributed by atoms with E-state index in [-0.39, 0.29) is 12.6 Å². The normalized spacial score (nSPS) is 19.0. The highest BCUT2D eigenvalue weighted by atomic mass is 35.5. The number of hydrogen-bond acceptors (Lipinski definition) is 4. The minimum absolute atomic E-state index is 0.246. The van der Waals surface area contributed by atoms with Gasteiger partial charge in [0.25, 0.3) is 0 Å². The zero-order chi connectivity index (χ0) is 21.1. The number of fused-ring (bicyclic) bond motifs is 1. The van der Waals surface area contributed by atoms with Crippen molar-refractivity contribution in [3.8, 4) is 0 Å². The zero-order valence-electron chi connectivity index (χ0n) is 16.8. The predicted molar refractivity (Wildman–Crippen MR) is 115 cm³/mol. The van der Waals surface area contributed by atoms with E-state index in [0.29, 0.717) is 28.4 Å². The number of amides is 2. The van der Waals surface area contributed by atoms with E-state index < -0.39 is 12.0 Å². The van der Waals surface area contributed by atoms with E-state index in [4.69, 9.17) is 16.3 Å². The number of urea groups is 1. The Balaban J connectivity index is 1.69. The first-order chi connectivity index (χ1) is 14.6. The van der Waals surface area contributed by atoms with E-state index >= 15 is 0 Å². The van der Waals surface area contributed by atoms with E-state index in [1.807, 2.05) is 24.3 Å². The van der Waals surface area contributed by atoms with Crippen LogP contribution in [0.4, 0.5) is 4.79 Å². The minimum Gasteiger partial charge on any atom is -0.463 e. The molecule has 2 aromatic rings. The average Bonchev–Trinajstić information content (AvgIpc) is 2.73. The molecule has 0 radical (unpaired) electrons. The number of ether oxygens (including phenoxy) is 1. The van der Waals surface area contributed by atoms with Crippen molar-refractivity contribution in [1.82, 2.24) is 15.5 Å². The molecule has 0 fully saturated rings. The number of benzene rings is 2. The van der Waals surface area contributed by atoms with Crippen LogP contribution in [0.3, 0.4) is 0 Å². The fraction of sp³-hybridized carbons (Fsp3) is 0.304. The van der Waals surface area contributed by atoms with Gasteiger partial charge in [-0.05, 0) is 36.1 Å². The molecule has 4 rings (SSSR count). The molecule has 1 atom stereocenters. The van der Waals surface area contributed by atoms with Gasteiger partial charge < -0.3 is 15.4 Å². The third-order valence-electron chi connectivity index (χ3n) is 5.46. The molecule has 156 valence electrons. The molecule has 2 N–H and O–H groups in total. The molecule has 0 saturated heterocycles. The van der Waals surface area contributed by atoms with Crippen molar-refractivity contribution in [3.63, 3.8) is 0 Å². The Morgan fingerprint density at radius 2 is 1.90 bits per heavy atom. The van der Waals surface area contributed by atoms with Crippen LogP contribution in [-0.2, 0) is 22.5 Å². The number of nitrogens with one attached hydrogen (secondary N) is 2. The van der Waals surface area contributed by atoms with Gasteiger partial charge in [-0.1, -0.05) is 54.1 Å². The number of esters is 1. The van der Waals surface area contributed by atoms with Crippen molar-refractivity contribution in [1.29, 1.82) is 0 Å². The lowest BCUT2D eigenvalue weighted by atomic mass is 9.94. The molecule has 7 heteroatoms. The molecule has 0 spiro atoms. The van der Waals surface area contributed by atoms with E-state index in [1.54, 1.807) is 13.0 Å². The molecule has 0 aliphatic carbocycles. The number of carbonyl (C=O) groups excluding carboxylic acids is 2. The Morgan fingerprint density at radius 1 is 1.17 bits per heavy atom. The highest BCUT2D eigenvalue weighted by Crippen LogP contribution is 2.32. The van der Waals surface area contributed by atoms with E-state index in [2.05, 4.69) is 33.7 Å². The Kier molecular flexibility index (Phi) is 6.06. The largest absolute Gasteiger partial charge is 0.463 e. The second kappa shape index (κ2) is 8.90. The number of halogens is 1. The summed E-state index contributed by atoms with van der Waals surface area (Å²) in [6.07, 6.45) is 0.929. The van der Waals surface area contributed by atoms with Gasteiger partial charge in [-0.3, -0.25) is 4.90 Å². The molecule has 2 aliphatic rings. The standard InChI is InChI=1S/C23H24ClN3O3/c1-2-30-22(28)20-19(14-27-12-11-15-7-3-4-8-16(15)13-27)25-23(29)26-21(20)17-9-5-6-10-18(17)24/h3-10,21H,2,11-14H2,1H3,(H2,25,26,29). The van der Waals surface area contributed by atoms with Crippen LogP contribution in [0.25, 0.3) is 0 Å². The van der Waals surface area contributed by atoms with Gasteiger partial charge in [0.15, 0.2) is 0 Å². The lowest BCUT2D eigenvalue weighted by Crippen LogP contribution is -2.49. The van der Waals surface area contributed by atoms with Gasteiger partial charge in [0, 0.05) is 30.4 Å². The second-order valence-electron chi connectivity index (χ2n) is 7.40. The van der Waals surface area contributed by atoms with Crippen LogP contribution in [-0.4, -0.2) is 36.6 Å². The van der Waals surface area contributed by atoms with E-state index in [1.165, 1.54) is 11.1 Å². The fourth-order valence-corrected chi connectivity index (χ4v) is 4.29. The quantitative estimate of drug-likeness (QED) is 0.718. The van der Waals surface area contributed by atoms with Crippen molar-refractivity contribution >= 4 is 23.6 Å². The number of hydrogen-bond donors (Lipinski definition) is 2. The molecular weight excluding hydrogens is 402 g/mol. The second-order valence-corrected chi connectivity index (χ2v) is 7.80. The summed E-state index contributed by atoms with van der Waals surface area (Å²) in [5.74, 6) is -0.456. The van der Waals surface area contributed by atoms with Gasteiger partial charge in [0.2, 0.25) is 0 Å². The van der Waals surface area contributed by atoms with Crippen LogP contribution in [0.5, 0.6) is 0 Å². The maximum Gasteiger partial charge on any atom is 0.338 e. The first-order valence-electron chi connectivity index (χ1n) is 10.1. The van der Waals surface area contributed by atoms with Crippen molar-refractivity contribution in [2.75, 3.05) is 19.7 Å². The molecule has 2 heterocycles. The molecule has 1 unspecified atom stereocenters. The number of carbonyl (C=O) groups is 2. The van der Waals surface area contributed by atoms with Gasteiger partial charge in [-0.25, -0.2) is 9.59 Å². The van der Waals surface area contributed by atoms with Crippen molar-refractivity contribution in [2.45, 2.75) is 25.9 Å². The van der Waals surface area contributed by atoms with E-state index in [9.17, 15) is 9.59 Å². The summed E-state index contributed by atoms with van der Waals surface area (Å²) in [7, 11) is 0. The molecule has 2 amide bonds. The summed E-state index contributed by atoms with van der Waals surface area (Å²) in [6.45, 7) is 4.05. The molecule has 30 heavy (non-hydrogen) atoms. The Hall–Kier alpha value is -2.83. The summed E-state index contributed by atoms with van der Waals surface area (Å²) in [5.41, 5.74) is 4.23. The molecule has 6 nitrogen and oxygen atoms in total. The number of nitrogens with zero attached hydrogens (tertiary/aromatic N) is 1. The highest BCUT2D eigenvalue weighted by molar-refractivity contribution is 6.31. The average molecular weight is 426 g/mol. The monoisotopic (exact) mass is 425 g/mol. The SMILES string of the molecule is CCOC(=O)C1=C(CN2CCc3ccccc3C2)NC(=O)NC1c1ccccc1Cl. The first-order valence-corrected chi connectivity index (χ1v) is 10.5. The van der Waals surface area contributed by atoms with Gasteiger partial charge in [-0.2, -0.15) is 0 Å². The van der Waals surface area contributed by atoms with E-state index in [0.717, 1.165) is 19.5 Å². The Bertz CT molecular complexity index is 1000. The maximum atomic E-state index is 12.9. The van der Waals surface area contributed by atoms with Crippen LogP contribution < -0.4 is 10.6 Å². The smallest absolute Gasteiger partial charge is 0.338 e. The first kappa shape index (κ1) is 20.4. The molecular formula is C23H24ClN3O3. The molecule has 2 aliphatic heterocycles. The van der Waals surface area contributed by atoms with Crippen LogP contribution in [0.1, 0.15) is 29.7 Å². The minimum atomic E-state index is -0.668. The topological polar surface area (TPSA) is 70.7 Å². The van der Waals surface area contributed by atoms with Crippen LogP contribution in [0.2, 0.25) is 5.02 Å². The lowest BCUT2D eigenvalue weighted by molar-refractivity contribution is -0.139. The fourth-order valence-electron chi connectivity index (χ4n) is 4.05. The van der Waals surface area contributed by atoms with Gasteiger partial charge in [0.1, 0.15) is 0 Å². The predicted octanol–water partition coefficient (Wildman–Crippen LogP) is 3.57. The maximum absolute atomic E-state index is 12.9. The summed E-state index contributed by atoms with van der Waals surface area (Å²) in [5, 5.41) is 6.16. The van der Waals surface area contributed by atoms with Crippen LogP contribution in [0.15, 0.2) is 59.8 Å². The zero-order valence-corrected chi connectivity index (χ0v) is 17.5. The summed E-state index contributed by atoms with van der Waals surface area (Å²) < 4.78 is 5.33. The Labute approximate surface area is 180 Å².